The molecule has 55 heavy (non-hydrogen) atoms. The van der Waals surface area contributed by atoms with E-state index in [0.29, 0.717) is 19.4 Å². The van der Waals surface area contributed by atoms with Crippen LogP contribution in [0.4, 0.5) is 0 Å². The molecule has 0 aliphatic rings. The van der Waals surface area contributed by atoms with Crippen LogP contribution in [0.15, 0.2) is 12.2 Å². The number of hydrogen-bond acceptors (Lipinski definition) is 5. The molecule has 0 aliphatic carbocycles. The Morgan fingerprint density at radius 1 is 0.491 bits per heavy atom. The van der Waals surface area contributed by atoms with E-state index < -0.39 is 12.1 Å². The van der Waals surface area contributed by atoms with E-state index in [2.05, 4.69) is 19.2 Å². The molecule has 6 nitrogen and oxygen atoms in total. The van der Waals surface area contributed by atoms with Crippen molar-refractivity contribution in [3.63, 3.8) is 0 Å². The highest BCUT2D eigenvalue weighted by Crippen LogP contribution is 2.16. The highest BCUT2D eigenvalue weighted by molar-refractivity contribution is 5.76. The summed E-state index contributed by atoms with van der Waals surface area (Å²) in [5.41, 5.74) is 0. The van der Waals surface area contributed by atoms with Crippen LogP contribution in [0.1, 0.15) is 264 Å². The van der Waals surface area contributed by atoms with Crippen molar-refractivity contribution in [3.8, 4) is 0 Å². The molecule has 0 aliphatic heterocycles. The van der Waals surface area contributed by atoms with Gasteiger partial charge in [-0.1, -0.05) is 231 Å². The maximum atomic E-state index is 12.4. The number of hydrogen-bond donors (Lipinski definition) is 3. The molecule has 2 atom stereocenters. The first kappa shape index (κ1) is 53.6. The standard InChI is InChI=1S/C49H95NO5/c1-3-5-7-9-11-13-22-27-31-35-39-43-49(54)55-44-40-36-32-28-24-21-19-17-15-16-18-20-23-26-30-34-38-42-48(53)50-46(45-51)47(52)41-37-33-29-25-14-12-10-8-6-4-2/h37,41,46-47,51-52H,3-36,38-40,42-45H2,1-2H3,(H,50,53)/b41-37+. The van der Waals surface area contributed by atoms with Gasteiger partial charge < -0.3 is 20.3 Å². The molecule has 326 valence electrons. The minimum absolute atomic E-state index is 0.00372. The summed E-state index contributed by atoms with van der Waals surface area (Å²) in [6.07, 6.45) is 50.6. The average molecular weight is 778 g/mol. The van der Waals surface area contributed by atoms with Crippen molar-refractivity contribution < 1.29 is 24.5 Å². The van der Waals surface area contributed by atoms with E-state index in [1.165, 1.54) is 193 Å². The normalized spacial score (nSPS) is 12.7. The Morgan fingerprint density at radius 3 is 1.24 bits per heavy atom. The van der Waals surface area contributed by atoms with Crippen LogP contribution in [-0.2, 0) is 14.3 Å². The SMILES string of the molecule is CCCCCCCCCC/C=C/C(O)C(CO)NC(=O)CCCCCCCCCCCCCCCCCCCOC(=O)CCCCCCCCCCCCC. The lowest BCUT2D eigenvalue weighted by Crippen LogP contribution is -2.45. The molecule has 1 amide bonds. The van der Waals surface area contributed by atoms with Gasteiger partial charge in [0.05, 0.1) is 25.4 Å². The second-order valence-electron chi connectivity index (χ2n) is 16.8. The molecule has 0 fully saturated rings. The Morgan fingerprint density at radius 2 is 0.836 bits per heavy atom. The van der Waals surface area contributed by atoms with E-state index in [9.17, 15) is 19.8 Å². The first-order valence-corrected chi connectivity index (χ1v) is 24.5. The molecule has 0 heterocycles. The molecule has 0 aromatic heterocycles. The summed E-state index contributed by atoms with van der Waals surface area (Å²) in [5.74, 6) is -0.0713. The van der Waals surface area contributed by atoms with E-state index >= 15 is 0 Å². The zero-order valence-electron chi connectivity index (χ0n) is 36.9. The summed E-state index contributed by atoms with van der Waals surface area (Å²) in [7, 11) is 0. The highest BCUT2D eigenvalue weighted by Gasteiger charge is 2.18. The maximum absolute atomic E-state index is 12.4. The highest BCUT2D eigenvalue weighted by atomic mass is 16.5. The van der Waals surface area contributed by atoms with E-state index in [1.54, 1.807) is 6.08 Å². The fraction of sp³-hybridized carbons (Fsp3) is 0.918. The van der Waals surface area contributed by atoms with Crippen LogP contribution < -0.4 is 5.32 Å². The van der Waals surface area contributed by atoms with Gasteiger partial charge in [0.1, 0.15) is 0 Å². The number of carbonyl (C=O) groups excluding carboxylic acids is 2. The molecule has 0 aromatic carbocycles. The summed E-state index contributed by atoms with van der Waals surface area (Å²) < 4.78 is 5.45. The van der Waals surface area contributed by atoms with Gasteiger partial charge in [0.15, 0.2) is 0 Å². The monoisotopic (exact) mass is 778 g/mol. The number of rotatable bonds is 45. The number of unbranched alkanes of at least 4 members (excludes halogenated alkanes) is 34. The zero-order valence-corrected chi connectivity index (χ0v) is 36.9. The van der Waals surface area contributed by atoms with E-state index in [4.69, 9.17) is 4.74 Å². The van der Waals surface area contributed by atoms with Crippen molar-refractivity contribution in [1.29, 1.82) is 0 Å². The molecule has 0 saturated heterocycles. The summed E-state index contributed by atoms with van der Waals surface area (Å²) >= 11 is 0. The van der Waals surface area contributed by atoms with Gasteiger partial charge in [0.25, 0.3) is 0 Å². The third kappa shape index (κ3) is 42.0. The van der Waals surface area contributed by atoms with Crippen molar-refractivity contribution >= 4 is 11.9 Å². The maximum Gasteiger partial charge on any atom is 0.305 e. The van der Waals surface area contributed by atoms with Gasteiger partial charge >= 0.3 is 5.97 Å². The largest absolute Gasteiger partial charge is 0.466 e. The summed E-state index contributed by atoms with van der Waals surface area (Å²) in [6.45, 7) is 4.87. The molecule has 0 spiro atoms. The predicted molar refractivity (Wildman–Crippen MR) is 237 cm³/mol. The van der Waals surface area contributed by atoms with E-state index in [1.807, 2.05) is 6.08 Å². The predicted octanol–water partition coefficient (Wildman–Crippen LogP) is 14.2. The van der Waals surface area contributed by atoms with Gasteiger partial charge in [-0.15, -0.1) is 0 Å². The Bertz CT molecular complexity index is 817. The molecular weight excluding hydrogens is 683 g/mol. The number of allylic oxidation sites excluding steroid dienone is 1. The lowest BCUT2D eigenvalue weighted by molar-refractivity contribution is -0.143. The number of carbonyl (C=O) groups is 2. The molecule has 0 bridgehead atoms. The minimum Gasteiger partial charge on any atom is -0.466 e. The Hall–Kier alpha value is -1.40. The number of nitrogens with one attached hydrogen (secondary N) is 1. The minimum atomic E-state index is -0.844. The van der Waals surface area contributed by atoms with E-state index in [-0.39, 0.29) is 18.5 Å². The lowest BCUT2D eigenvalue weighted by atomic mass is 10.0. The number of amides is 1. The molecule has 2 unspecified atom stereocenters. The van der Waals surface area contributed by atoms with Gasteiger partial charge in [-0.25, -0.2) is 0 Å². The van der Waals surface area contributed by atoms with Crippen molar-refractivity contribution in [2.75, 3.05) is 13.2 Å². The smallest absolute Gasteiger partial charge is 0.305 e. The number of aliphatic hydroxyl groups excluding tert-OH is 2. The molecule has 6 heteroatoms. The second kappa shape index (κ2) is 45.3. The average Bonchev–Trinajstić information content (AvgIpc) is 3.18. The lowest BCUT2D eigenvalue weighted by Gasteiger charge is -2.20. The quantitative estimate of drug-likeness (QED) is 0.0325. The number of ether oxygens (including phenoxy) is 1. The van der Waals surface area contributed by atoms with Crippen molar-refractivity contribution in [1.82, 2.24) is 5.32 Å². The van der Waals surface area contributed by atoms with Crippen LogP contribution >= 0.6 is 0 Å². The number of aliphatic hydroxyl groups is 2. The van der Waals surface area contributed by atoms with Crippen molar-refractivity contribution in [3.05, 3.63) is 12.2 Å². The van der Waals surface area contributed by atoms with Crippen molar-refractivity contribution in [2.45, 2.75) is 276 Å². The van der Waals surface area contributed by atoms with Crippen molar-refractivity contribution in [2.24, 2.45) is 0 Å². The second-order valence-corrected chi connectivity index (χ2v) is 16.8. The molecule has 0 saturated carbocycles. The summed E-state index contributed by atoms with van der Waals surface area (Å²) in [6, 6.07) is -0.628. The molecular formula is C49H95NO5. The molecule has 0 aromatic rings. The first-order chi connectivity index (χ1) is 27.0. The van der Waals surface area contributed by atoms with Crippen LogP contribution in [0.25, 0.3) is 0 Å². The fourth-order valence-corrected chi connectivity index (χ4v) is 7.51. The Kier molecular flexibility index (Phi) is 44.2. The number of esters is 1. The van der Waals surface area contributed by atoms with Gasteiger partial charge in [-0.2, -0.15) is 0 Å². The van der Waals surface area contributed by atoms with Gasteiger partial charge in [0, 0.05) is 12.8 Å². The topological polar surface area (TPSA) is 95.9 Å². The van der Waals surface area contributed by atoms with Gasteiger partial charge in [0.2, 0.25) is 5.91 Å². The Labute approximate surface area is 342 Å². The zero-order chi connectivity index (χ0) is 40.1. The Balaban J connectivity index is 3.42. The molecule has 3 N–H and O–H groups in total. The van der Waals surface area contributed by atoms with Gasteiger partial charge in [-0.05, 0) is 32.1 Å². The third-order valence-electron chi connectivity index (χ3n) is 11.3. The first-order valence-electron chi connectivity index (χ1n) is 24.5. The molecule has 0 radical (unpaired) electrons. The summed E-state index contributed by atoms with van der Waals surface area (Å²) in [4.78, 5) is 24.3. The van der Waals surface area contributed by atoms with Crippen LogP contribution in [0.2, 0.25) is 0 Å². The van der Waals surface area contributed by atoms with E-state index in [0.717, 1.165) is 44.9 Å². The van der Waals surface area contributed by atoms with Crippen LogP contribution in [0.5, 0.6) is 0 Å². The fourth-order valence-electron chi connectivity index (χ4n) is 7.51. The summed E-state index contributed by atoms with van der Waals surface area (Å²) in [5, 5.41) is 22.9. The third-order valence-corrected chi connectivity index (χ3v) is 11.3. The van der Waals surface area contributed by atoms with Crippen LogP contribution in [0.3, 0.4) is 0 Å². The molecule has 0 rings (SSSR count). The van der Waals surface area contributed by atoms with Crippen LogP contribution in [-0.4, -0.2) is 47.4 Å². The van der Waals surface area contributed by atoms with Crippen LogP contribution in [0, 0.1) is 0 Å². The van der Waals surface area contributed by atoms with Gasteiger partial charge in [-0.3, -0.25) is 9.59 Å².